The van der Waals surface area contributed by atoms with Gasteiger partial charge in [-0.2, -0.15) is 13.1 Å². The first-order chi connectivity index (χ1) is 14.8. The Kier molecular flexibility index (Phi) is 6.93. The van der Waals surface area contributed by atoms with E-state index in [1.165, 1.54) is 4.31 Å². The van der Waals surface area contributed by atoms with E-state index < -0.39 is 39.9 Å². The molecule has 0 fully saturated rings. The molecule has 31 heavy (non-hydrogen) atoms. The average Bonchev–Trinajstić information content (AvgIpc) is 3.23. The van der Waals surface area contributed by atoms with Crippen LogP contribution in [0.15, 0.2) is 41.3 Å². The van der Waals surface area contributed by atoms with E-state index in [0.29, 0.717) is 16.7 Å². The standard InChI is InChI=1S/C19H19FN4O5S2/c1-3-24(4-2)31(27,28)12-8-9-14(20)13(10-12)19(26)29-11-17(25)21-15-6-5-7-16-18(15)23-30-22-16/h5-10H,3-4,11H2,1-2H3,(H,21,25). The molecule has 9 nitrogen and oxygen atoms in total. The van der Waals surface area contributed by atoms with Crippen molar-refractivity contribution in [1.82, 2.24) is 13.1 Å². The van der Waals surface area contributed by atoms with Crippen molar-refractivity contribution in [2.24, 2.45) is 0 Å². The Hall–Kier alpha value is -2.96. The Bertz CT molecular complexity index is 1230. The largest absolute Gasteiger partial charge is 0.452 e. The van der Waals surface area contributed by atoms with E-state index in [0.717, 1.165) is 29.9 Å². The molecule has 1 aromatic heterocycles. The van der Waals surface area contributed by atoms with Crippen LogP contribution in [0, 0.1) is 5.82 Å². The van der Waals surface area contributed by atoms with Crippen LogP contribution in [-0.4, -0.2) is 53.0 Å². The molecule has 164 valence electrons. The number of hydrogen-bond acceptors (Lipinski definition) is 8. The molecule has 1 amide bonds. The molecule has 0 saturated carbocycles. The number of hydrogen-bond donors (Lipinski definition) is 1. The van der Waals surface area contributed by atoms with Gasteiger partial charge >= 0.3 is 5.97 Å². The van der Waals surface area contributed by atoms with Crippen molar-refractivity contribution in [2.75, 3.05) is 25.0 Å². The first kappa shape index (κ1) is 22.7. The summed E-state index contributed by atoms with van der Waals surface area (Å²) in [7, 11) is -3.89. The predicted octanol–water partition coefficient (Wildman–Crippen LogP) is 2.66. The first-order valence-electron chi connectivity index (χ1n) is 9.25. The van der Waals surface area contributed by atoms with E-state index in [1.54, 1.807) is 32.0 Å². The smallest absolute Gasteiger partial charge is 0.341 e. The number of esters is 1. The highest BCUT2D eigenvalue weighted by atomic mass is 32.2. The third-order valence-corrected chi connectivity index (χ3v) is 6.98. The highest BCUT2D eigenvalue weighted by Gasteiger charge is 2.25. The molecule has 0 radical (unpaired) electrons. The first-order valence-corrected chi connectivity index (χ1v) is 11.4. The van der Waals surface area contributed by atoms with Crippen molar-refractivity contribution in [3.05, 3.63) is 47.8 Å². The minimum absolute atomic E-state index is 0.220. The Morgan fingerprint density at radius 3 is 2.61 bits per heavy atom. The van der Waals surface area contributed by atoms with E-state index in [9.17, 15) is 22.4 Å². The summed E-state index contributed by atoms with van der Waals surface area (Å²) < 4.78 is 53.6. The monoisotopic (exact) mass is 466 g/mol. The highest BCUT2D eigenvalue weighted by Crippen LogP contribution is 2.22. The zero-order valence-electron chi connectivity index (χ0n) is 16.7. The molecule has 0 saturated heterocycles. The molecule has 1 N–H and O–H groups in total. The predicted molar refractivity (Wildman–Crippen MR) is 113 cm³/mol. The van der Waals surface area contributed by atoms with Gasteiger partial charge in [-0.05, 0) is 30.3 Å². The Balaban J connectivity index is 1.71. The van der Waals surface area contributed by atoms with Gasteiger partial charge in [0.1, 0.15) is 16.9 Å². The minimum atomic E-state index is -3.89. The van der Waals surface area contributed by atoms with Gasteiger partial charge in [0.25, 0.3) is 5.91 Å². The van der Waals surface area contributed by atoms with Gasteiger partial charge in [-0.25, -0.2) is 17.6 Å². The average molecular weight is 467 g/mol. The number of fused-ring (bicyclic) bond motifs is 1. The molecule has 0 aliphatic carbocycles. The van der Waals surface area contributed by atoms with Crippen LogP contribution in [0.1, 0.15) is 24.2 Å². The fourth-order valence-electron chi connectivity index (χ4n) is 2.84. The van der Waals surface area contributed by atoms with Gasteiger partial charge in [0.15, 0.2) is 6.61 Å². The number of nitrogens with one attached hydrogen (secondary N) is 1. The second-order valence-electron chi connectivity index (χ2n) is 6.29. The summed E-state index contributed by atoms with van der Waals surface area (Å²) in [5, 5.41) is 2.55. The van der Waals surface area contributed by atoms with Crippen LogP contribution in [0.5, 0.6) is 0 Å². The number of ether oxygens (including phenoxy) is 1. The number of halogens is 1. The summed E-state index contributed by atoms with van der Waals surface area (Å²) in [6.07, 6.45) is 0. The maximum atomic E-state index is 14.2. The maximum absolute atomic E-state index is 14.2. The maximum Gasteiger partial charge on any atom is 0.341 e. The number of carbonyl (C=O) groups is 2. The molecule has 3 aromatic rings. The third-order valence-electron chi connectivity index (χ3n) is 4.40. The Labute approximate surface area is 182 Å². The Morgan fingerprint density at radius 1 is 1.16 bits per heavy atom. The lowest BCUT2D eigenvalue weighted by atomic mass is 10.2. The van der Waals surface area contributed by atoms with E-state index in [4.69, 9.17) is 4.74 Å². The molecule has 3 rings (SSSR count). The number of amides is 1. The fraction of sp³-hybridized carbons (Fsp3) is 0.263. The lowest BCUT2D eigenvalue weighted by Crippen LogP contribution is -2.30. The molecule has 1 heterocycles. The van der Waals surface area contributed by atoms with Crippen LogP contribution in [0.2, 0.25) is 0 Å². The van der Waals surface area contributed by atoms with Gasteiger partial charge in [-0.3, -0.25) is 4.79 Å². The van der Waals surface area contributed by atoms with Gasteiger partial charge in [0.2, 0.25) is 10.0 Å². The number of benzene rings is 2. The van der Waals surface area contributed by atoms with Crippen molar-refractivity contribution in [3.63, 3.8) is 0 Å². The van der Waals surface area contributed by atoms with Crippen molar-refractivity contribution in [1.29, 1.82) is 0 Å². The van der Waals surface area contributed by atoms with Gasteiger partial charge in [-0.1, -0.05) is 19.9 Å². The zero-order valence-corrected chi connectivity index (χ0v) is 18.3. The van der Waals surface area contributed by atoms with E-state index in [2.05, 4.69) is 14.1 Å². The number of carbonyl (C=O) groups excluding carboxylic acids is 2. The van der Waals surface area contributed by atoms with Crippen LogP contribution in [0.3, 0.4) is 0 Å². The number of aromatic nitrogens is 2. The second kappa shape index (κ2) is 9.45. The molecule has 0 unspecified atom stereocenters. The summed E-state index contributed by atoms with van der Waals surface area (Å²) in [4.78, 5) is 24.2. The van der Waals surface area contributed by atoms with Gasteiger partial charge < -0.3 is 10.1 Å². The minimum Gasteiger partial charge on any atom is -0.452 e. The summed E-state index contributed by atoms with van der Waals surface area (Å²) in [6, 6.07) is 7.90. The lowest BCUT2D eigenvalue weighted by molar-refractivity contribution is -0.119. The third kappa shape index (κ3) is 4.86. The zero-order chi connectivity index (χ0) is 22.6. The number of nitrogens with zero attached hydrogens (tertiary/aromatic N) is 3. The molecule has 0 aliphatic heterocycles. The molecular formula is C19H19FN4O5S2. The molecule has 0 atom stereocenters. The van der Waals surface area contributed by atoms with Crippen molar-refractivity contribution >= 4 is 50.3 Å². The molecular weight excluding hydrogens is 447 g/mol. The number of rotatable bonds is 8. The normalized spacial score (nSPS) is 11.6. The SMILES string of the molecule is CCN(CC)S(=O)(=O)c1ccc(F)c(C(=O)OCC(=O)Nc2cccc3nsnc23)c1. The molecule has 0 bridgehead atoms. The molecule has 2 aromatic carbocycles. The number of anilines is 1. The molecule has 0 aliphatic rings. The van der Waals surface area contributed by atoms with Crippen LogP contribution >= 0.6 is 11.7 Å². The summed E-state index contributed by atoms with van der Waals surface area (Å²) in [5.41, 5.74) is 0.915. The van der Waals surface area contributed by atoms with Crippen molar-refractivity contribution < 1.29 is 27.1 Å². The topological polar surface area (TPSA) is 119 Å². The van der Waals surface area contributed by atoms with Crippen LogP contribution in [0.25, 0.3) is 11.0 Å². The molecule has 12 heteroatoms. The Morgan fingerprint density at radius 2 is 1.90 bits per heavy atom. The van der Waals surface area contributed by atoms with Crippen LogP contribution < -0.4 is 5.32 Å². The summed E-state index contributed by atoms with van der Waals surface area (Å²) in [6.45, 7) is 3.08. The van der Waals surface area contributed by atoms with Gasteiger partial charge in [-0.15, -0.1) is 0 Å². The summed E-state index contributed by atoms with van der Waals surface area (Å²) >= 11 is 0.989. The van der Waals surface area contributed by atoms with E-state index >= 15 is 0 Å². The van der Waals surface area contributed by atoms with Gasteiger partial charge in [0, 0.05) is 13.1 Å². The molecule has 0 spiro atoms. The number of sulfonamides is 1. The van der Waals surface area contributed by atoms with Crippen molar-refractivity contribution in [3.8, 4) is 0 Å². The highest BCUT2D eigenvalue weighted by molar-refractivity contribution is 7.89. The lowest BCUT2D eigenvalue weighted by Gasteiger charge is -2.18. The second-order valence-corrected chi connectivity index (χ2v) is 8.76. The van der Waals surface area contributed by atoms with E-state index in [1.807, 2.05) is 0 Å². The van der Waals surface area contributed by atoms with Gasteiger partial charge in [0.05, 0.1) is 27.9 Å². The quantitative estimate of drug-likeness (QED) is 0.507. The van der Waals surface area contributed by atoms with E-state index in [-0.39, 0.29) is 18.0 Å². The fourth-order valence-corrected chi connectivity index (χ4v) is 4.87. The van der Waals surface area contributed by atoms with Crippen LogP contribution in [-0.2, 0) is 19.6 Å². The van der Waals surface area contributed by atoms with Crippen molar-refractivity contribution in [2.45, 2.75) is 18.7 Å². The van der Waals surface area contributed by atoms with Crippen LogP contribution in [0.4, 0.5) is 10.1 Å². The summed E-state index contributed by atoms with van der Waals surface area (Å²) in [5.74, 6) is -2.78.